The van der Waals surface area contributed by atoms with Crippen LogP contribution in [0, 0.1) is 5.82 Å². The molecule has 22 heavy (non-hydrogen) atoms. The molecule has 2 nitrogen and oxygen atoms in total. The molecule has 3 rings (SSSR count). The zero-order chi connectivity index (χ0) is 13.9. The number of nitrogens with zero attached hydrogens (tertiary/aromatic N) is 1. The van der Waals surface area contributed by atoms with E-state index in [-0.39, 0.29) is 36.7 Å². The predicted molar refractivity (Wildman–Crippen MR) is 99.2 cm³/mol. The first-order valence-electron chi connectivity index (χ1n) is 6.69. The third-order valence-corrected chi connectivity index (χ3v) is 5.16. The van der Waals surface area contributed by atoms with Gasteiger partial charge in [0, 0.05) is 31.1 Å². The van der Waals surface area contributed by atoms with Gasteiger partial charge in [-0.1, -0.05) is 12.1 Å². The summed E-state index contributed by atoms with van der Waals surface area (Å²) in [6.07, 6.45) is 0. The van der Waals surface area contributed by atoms with Crippen LogP contribution in [0.3, 0.4) is 0 Å². The molecule has 1 aliphatic heterocycles. The zero-order valence-corrected chi connectivity index (χ0v) is 15.8. The molecule has 2 aromatic rings. The van der Waals surface area contributed by atoms with E-state index < -0.39 is 0 Å². The van der Waals surface area contributed by atoms with Crippen LogP contribution in [0.5, 0.6) is 0 Å². The first-order valence-corrected chi connectivity index (χ1v) is 8.36. The lowest BCUT2D eigenvalue weighted by atomic mass is 10.0. The Morgan fingerprint density at radius 3 is 2.50 bits per heavy atom. The molecule has 122 valence electrons. The summed E-state index contributed by atoms with van der Waals surface area (Å²) in [5, 5.41) is 5.45. The van der Waals surface area contributed by atoms with Gasteiger partial charge in [0.15, 0.2) is 0 Å². The molecular weight excluding hydrogens is 410 g/mol. The molecule has 1 saturated heterocycles. The van der Waals surface area contributed by atoms with E-state index in [0.717, 1.165) is 31.7 Å². The van der Waals surface area contributed by atoms with Crippen molar-refractivity contribution in [3.05, 3.63) is 56.4 Å². The SMILES string of the molecule is Cl.Cl.Fc1cc([C@H](c2cccs2)N2CCNCC2)ccc1Br. The Labute approximate surface area is 155 Å². The third kappa shape index (κ3) is 4.43. The van der Waals surface area contributed by atoms with Crippen molar-refractivity contribution in [1.82, 2.24) is 10.2 Å². The Morgan fingerprint density at radius 2 is 1.91 bits per heavy atom. The summed E-state index contributed by atoms with van der Waals surface area (Å²) in [5.74, 6) is -0.195. The molecule has 0 amide bonds. The van der Waals surface area contributed by atoms with Gasteiger partial charge in [0.2, 0.25) is 0 Å². The maximum Gasteiger partial charge on any atom is 0.137 e. The van der Waals surface area contributed by atoms with E-state index >= 15 is 0 Å². The highest BCUT2D eigenvalue weighted by Gasteiger charge is 2.25. The second-order valence-corrected chi connectivity index (χ2v) is 6.71. The highest BCUT2D eigenvalue weighted by Crippen LogP contribution is 2.33. The topological polar surface area (TPSA) is 15.3 Å². The number of rotatable bonds is 3. The minimum Gasteiger partial charge on any atom is -0.314 e. The lowest BCUT2D eigenvalue weighted by Crippen LogP contribution is -2.45. The summed E-state index contributed by atoms with van der Waals surface area (Å²) in [4.78, 5) is 3.69. The molecule has 2 heterocycles. The molecule has 1 aromatic carbocycles. The monoisotopic (exact) mass is 426 g/mol. The summed E-state index contributed by atoms with van der Waals surface area (Å²) in [6, 6.07) is 9.81. The molecule has 1 N–H and O–H groups in total. The van der Waals surface area contributed by atoms with E-state index in [1.807, 2.05) is 6.07 Å². The van der Waals surface area contributed by atoms with Gasteiger partial charge in [0.1, 0.15) is 5.82 Å². The Balaban J connectivity index is 0.00000121. The molecule has 1 aromatic heterocycles. The standard InChI is InChI=1S/C15H16BrFN2S.2ClH/c16-12-4-3-11(10-13(12)17)15(14-2-1-9-20-14)19-7-5-18-6-8-19;;/h1-4,9-10,15,18H,5-8H2;2*1H/t15-;;/m1../s1. The summed E-state index contributed by atoms with van der Waals surface area (Å²) in [5.41, 5.74) is 1.02. The maximum atomic E-state index is 13.9. The normalized spacial score (nSPS) is 16.5. The summed E-state index contributed by atoms with van der Waals surface area (Å²) >= 11 is 4.96. The van der Waals surface area contributed by atoms with Crippen LogP contribution in [0.15, 0.2) is 40.2 Å². The molecule has 0 aliphatic carbocycles. The van der Waals surface area contributed by atoms with Gasteiger partial charge < -0.3 is 5.32 Å². The van der Waals surface area contributed by atoms with E-state index in [1.165, 1.54) is 4.88 Å². The largest absolute Gasteiger partial charge is 0.314 e. The van der Waals surface area contributed by atoms with Crippen LogP contribution in [0.2, 0.25) is 0 Å². The lowest BCUT2D eigenvalue weighted by molar-refractivity contribution is 0.200. The van der Waals surface area contributed by atoms with Crippen molar-refractivity contribution in [2.24, 2.45) is 0 Å². The van der Waals surface area contributed by atoms with Crippen LogP contribution in [0.1, 0.15) is 16.5 Å². The van der Waals surface area contributed by atoms with E-state index in [0.29, 0.717) is 4.47 Å². The molecule has 1 aliphatic rings. The van der Waals surface area contributed by atoms with Crippen molar-refractivity contribution in [1.29, 1.82) is 0 Å². The van der Waals surface area contributed by atoms with Crippen molar-refractivity contribution >= 4 is 52.1 Å². The summed E-state index contributed by atoms with van der Waals surface area (Å²) in [6.45, 7) is 3.95. The average Bonchev–Trinajstić information content (AvgIpc) is 2.98. The Kier molecular flexibility index (Phi) is 8.32. The van der Waals surface area contributed by atoms with E-state index in [2.05, 4.69) is 43.7 Å². The first kappa shape index (κ1) is 19.9. The lowest BCUT2D eigenvalue weighted by Gasteiger charge is -2.34. The number of thiophene rings is 1. The van der Waals surface area contributed by atoms with Crippen LogP contribution in [0.4, 0.5) is 4.39 Å². The minimum absolute atomic E-state index is 0. The minimum atomic E-state index is -0.195. The van der Waals surface area contributed by atoms with Crippen LogP contribution in [-0.4, -0.2) is 31.1 Å². The second kappa shape index (κ2) is 9.21. The first-order chi connectivity index (χ1) is 9.75. The third-order valence-electron chi connectivity index (χ3n) is 3.59. The molecule has 7 heteroatoms. The van der Waals surface area contributed by atoms with Crippen LogP contribution >= 0.6 is 52.1 Å². The molecule has 0 radical (unpaired) electrons. The van der Waals surface area contributed by atoms with E-state index in [4.69, 9.17) is 0 Å². The molecule has 0 bridgehead atoms. The molecular formula is C15H18BrCl2FN2S. The van der Waals surface area contributed by atoms with Crippen molar-refractivity contribution in [2.45, 2.75) is 6.04 Å². The average molecular weight is 428 g/mol. The van der Waals surface area contributed by atoms with Gasteiger partial charge in [-0.05, 0) is 45.1 Å². The van der Waals surface area contributed by atoms with Gasteiger partial charge in [0.25, 0.3) is 0 Å². The number of nitrogens with one attached hydrogen (secondary N) is 1. The van der Waals surface area contributed by atoms with Crippen molar-refractivity contribution in [3.63, 3.8) is 0 Å². The molecule has 1 atom stereocenters. The van der Waals surface area contributed by atoms with E-state index in [1.54, 1.807) is 23.5 Å². The fraction of sp³-hybridized carbons (Fsp3) is 0.333. The smallest absolute Gasteiger partial charge is 0.137 e. The molecule has 0 spiro atoms. The Morgan fingerprint density at radius 1 is 1.18 bits per heavy atom. The predicted octanol–water partition coefficient (Wildman–Crippen LogP) is 4.49. The number of hydrogen-bond donors (Lipinski definition) is 1. The summed E-state index contributed by atoms with van der Waals surface area (Å²) < 4.78 is 14.4. The van der Waals surface area contributed by atoms with Gasteiger partial charge in [-0.3, -0.25) is 4.90 Å². The molecule has 0 unspecified atom stereocenters. The van der Waals surface area contributed by atoms with Crippen LogP contribution < -0.4 is 5.32 Å². The zero-order valence-electron chi connectivity index (χ0n) is 11.8. The van der Waals surface area contributed by atoms with Gasteiger partial charge in [-0.25, -0.2) is 4.39 Å². The highest BCUT2D eigenvalue weighted by molar-refractivity contribution is 9.10. The number of hydrogen-bond acceptors (Lipinski definition) is 3. The van der Waals surface area contributed by atoms with E-state index in [9.17, 15) is 4.39 Å². The van der Waals surface area contributed by atoms with Crippen molar-refractivity contribution in [3.8, 4) is 0 Å². The molecule has 1 fully saturated rings. The number of piperazine rings is 1. The molecule has 0 saturated carbocycles. The number of benzene rings is 1. The maximum absolute atomic E-state index is 13.9. The van der Waals surface area contributed by atoms with Crippen LogP contribution in [0.25, 0.3) is 0 Å². The van der Waals surface area contributed by atoms with Gasteiger partial charge in [-0.2, -0.15) is 0 Å². The van der Waals surface area contributed by atoms with Crippen molar-refractivity contribution in [2.75, 3.05) is 26.2 Å². The van der Waals surface area contributed by atoms with Crippen LogP contribution in [-0.2, 0) is 0 Å². The van der Waals surface area contributed by atoms with Gasteiger partial charge >= 0.3 is 0 Å². The summed E-state index contributed by atoms with van der Waals surface area (Å²) in [7, 11) is 0. The second-order valence-electron chi connectivity index (χ2n) is 4.88. The van der Waals surface area contributed by atoms with Crippen molar-refractivity contribution < 1.29 is 4.39 Å². The Bertz CT molecular complexity index is 577. The van der Waals surface area contributed by atoms with Gasteiger partial charge in [-0.15, -0.1) is 36.2 Å². The fourth-order valence-corrected chi connectivity index (χ4v) is 3.76. The van der Waals surface area contributed by atoms with Gasteiger partial charge in [0.05, 0.1) is 10.5 Å². The Hall–Kier alpha value is -0.170. The highest BCUT2D eigenvalue weighted by atomic mass is 79.9. The number of halogens is 4. The fourth-order valence-electron chi connectivity index (χ4n) is 2.62. The quantitative estimate of drug-likeness (QED) is 0.776.